The van der Waals surface area contributed by atoms with Gasteiger partial charge in [-0.1, -0.05) is 0 Å². The lowest BCUT2D eigenvalue weighted by Crippen LogP contribution is -2.24. The number of nitrogens with one attached hydrogen (secondary N) is 2. The van der Waals surface area contributed by atoms with E-state index in [0.717, 1.165) is 0 Å². The summed E-state index contributed by atoms with van der Waals surface area (Å²) in [6.45, 7) is 0.384. The number of carbonyl (C=O) groups excluding carboxylic acids is 2. The number of aromatic nitrogens is 4. The molecule has 0 saturated carbocycles. The topological polar surface area (TPSA) is 102 Å². The minimum Gasteiger partial charge on any atom is -0.355 e. The van der Waals surface area contributed by atoms with Crippen LogP contribution < -0.4 is 10.6 Å². The summed E-state index contributed by atoms with van der Waals surface area (Å²) in [6, 6.07) is 3.45. The van der Waals surface area contributed by atoms with Crippen LogP contribution >= 0.6 is 0 Å². The van der Waals surface area contributed by atoms with Gasteiger partial charge in [-0.25, -0.2) is 14.6 Å². The first-order valence-corrected chi connectivity index (χ1v) is 6.11. The van der Waals surface area contributed by atoms with Gasteiger partial charge in [0.2, 0.25) is 11.8 Å². The van der Waals surface area contributed by atoms with Crippen LogP contribution in [-0.4, -0.2) is 38.1 Å². The van der Waals surface area contributed by atoms with Gasteiger partial charge in [-0.3, -0.25) is 9.59 Å². The zero-order valence-electron chi connectivity index (χ0n) is 10.5. The summed E-state index contributed by atoms with van der Waals surface area (Å²) in [6.07, 6.45) is 4.73. The van der Waals surface area contributed by atoms with E-state index in [-0.39, 0.29) is 24.2 Å². The summed E-state index contributed by atoms with van der Waals surface area (Å²) < 4.78 is 1.52. The molecule has 1 fully saturated rings. The Balaban J connectivity index is 1.66. The third-order valence-electron chi connectivity index (χ3n) is 3.02. The fourth-order valence-corrected chi connectivity index (χ4v) is 1.96. The monoisotopic (exact) mass is 272 g/mol. The normalized spacial score (nSPS) is 17.8. The van der Waals surface area contributed by atoms with Gasteiger partial charge in [-0.2, -0.15) is 5.10 Å². The van der Waals surface area contributed by atoms with Crippen LogP contribution in [0.1, 0.15) is 6.42 Å². The number of rotatable bonds is 3. The highest BCUT2D eigenvalue weighted by molar-refractivity contribution is 5.97. The molecule has 3 rings (SSSR count). The molecule has 0 bridgehead atoms. The molecule has 2 amide bonds. The fraction of sp³-hybridized carbons (Fsp3) is 0.250. The number of hydrogen-bond donors (Lipinski definition) is 2. The Kier molecular flexibility index (Phi) is 3.12. The van der Waals surface area contributed by atoms with Crippen LogP contribution in [0.5, 0.6) is 0 Å². The van der Waals surface area contributed by atoms with Gasteiger partial charge in [0, 0.05) is 13.0 Å². The van der Waals surface area contributed by atoms with Crippen molar-refractivity contribution in [1.82, 2.24) is 25.1 Å². The first-order chi connectivity index (χ1) is 9.72. The van der Waals surface area contributed by atoms with E-state index < -0.39 is 0 Å². The van der Waals surface area contributed by atoms with E-state index in [0.29, 0.717) is 18.1 Å². The zero-order chi connectivity index (χ0) is 13.9. The van der Waals surface area contributed by atoms with Gasteiger partial charge in [0.1, 0.15) is 12.7 Å². The van der Waals surface area contributed by atoms with Gasteiger partial charge in [0.15, 0.2) is 5.82 Å². The Hall–Kier alpha value is -2.77. The Bertz CT molecular complexity index is 622. The molecule has 0 aliphatic carbocycles. The standard InChI is InChI=1S/C12H12N6O2/c19-11-3-8(4-15-11)12(20)17-9-1-2-10(14-5-9)18-7-13-6-16-18/h1-2,5-8H,3-4H2,(H,15,19)(H,17,20). The fourth-order valence-electron chi connectivity index (χ4n) is 1.96. The molecule has 2 aromatic rings. The maximum absolute atomic E-state index is 11.9. The number of hydrogen-bond acceptors (Lipinski definition) is 5. The molecule has 1 aliphatic rings. The second-order valence-corrected chi connectivity index (χ2v) is 4.44. The summed E-state index contributed by atoms with van der Waals surface area (Å²) in [4.78, 5) is 31.0. The quantitative estimate of drug-likeness (QED) is 0.801. The molecule has 3 heterocycles. The Labute approximate surface area is 114 Å². The van der Waals surface area contributed by atoms with Gasteiger partial charge in [-0.05, 0) is 12.1 Å². The van der Waals surface area contributed by atoms with Crippen molar-refractivity contribution in [2.75, 3.05) is 11.9 Å². The molecule has 1 unspecified atom stereocenters. The molecule has 1 aliphatic heterocycles. The second kappa shape index (κ2) is 5.08. The largest absolute Gasteiger partial charge is 0.355 e. The average Bonchev–Trinajstić information content (AvgIpc) is 3.10. The van der Waals surface area contributed by atoms with Crippen molar-refractivity contribution in [1.29, 1.82) is 0 Å². The molecular formula is C12H12N6O2. The van der Waals surface area contributed by atoms with Crippen LogP contribution in [-0.2, 0) is 9.59 Å². The molecule has 102 valence electrons. The zero-order valence-corrected chi connectivity index (χ0v) is 10.5. The van der Waals surface area contributed by atoms with Gasteiger partial charge in [0.25, 0.3) is 0 Å². The van der Waals surface area contributed by atoms with E-state index in [1.54, 1.807) is 18.3 Å². The van der Waals surface area contributed by atoms with Crippen LogP contribution in [0.25, 0.3) is 5.82 Å². The predicted molar refractivity (Wildman–Crippen MR) is 68.9 cm³/mol. The number of pyridine rings is 1. The third-order valence-corrected chi connectivity index (χ3v) is 3.02. The minimum atomic E-state index is -0.322. The first-order valence-electron chi connectivity index (χ1n) is 6.11. The maximum atomic E-state index is 11.9. The Morgan fingerprint density at radius 3 is 2.95 bits per heavy atom. The molecule has 8 nitrogen and oxygen atoms in total. The van der Waals surface area contributed by atoms with Crippen molar-refractivity contribution in [2.45, 2.75) is 6.42 Å². The summed E-state index contributed by atoms with van der Waals surface area (Å²) in [5.41, 5.74) is 0.582. The van der Waals surface area contributed by atoms with Gasteiger partial charge in [0.05, 0.1) is 17.8 Å². The van der Waals surface area contributed by atoms with E-state index in [1.165, 1.54) is 17.3 Å². The lowest BCUT2D eigenvalue weighted by Gasteiger charge is -2.09. The van der Waals surface area contributed by atoms with Crippen molar-refractivity contribution < 1.29 is 9.59 Å². The lowest BCUT2D eigenvalue weighted by molar-refractivity contribution is -0.123. The van der Waals surface area contributed by atoms with Crippen molar-refractivity contribution in [2.24, 2.45) is 5.92 Å². The highest BCUT2D eigenvalue weighted by Gasteiger charge is 2.27. The summed E-state index contributed by atoms with van der Waals surface area (Å²) in [5, 5.41) is 9.33. The van der Waals surface area contributed by atoms with E-state index in [2.05, 4.69) is 25.7 Å². The van der Waals surface area contributed by atoms with Gasteiger partial charge in [-0.15, -0.1) is 0 Å². The molecule has 0 spiro atoms. The highest BCUT2D eigenvalue weighted by Crippen LogP contribution is 2.14. The molecular weight excluding hydrogens is 260 g/mol. The highest BCUT2D eigenvalue weighted by atomic mass is 16.2. The summed E-state index contributed by atoms with van der Waals surface area (Å²) in [5.74, 6) is 0.0131. The number of nitrogens with zero attached hydrogens (tertiary/aromatic N) is 4. The van der Waals surface area contributed by atoms with Crippen molar-refractivity contribution in [3.05, 3.63) is 31.0 Å². The Morgan fingerprint density at radius 1 is 1.45 bits per heavy atom. The van der Waals surface area contributed by atoms with Crippen molar-refractivity contribution in [3.63, 3.8) is 0 Å². The number of amides is 2. The second-order valence-electron chi connectivity index (χ2n) is 4.44. The molecule has 0 radical (unpaired) electrons. The molecule has 1 atom stereocenters. The van der Waals surface area contributed by atoms with Crippen LogP contribution in [0.4, 0.5) is 5.69 Å². The molecule has 8 heteroatoms. The summed E-state index contributed by atoms with van der Waals surface area (Å²) in [7, 11) is 0. The minimum absolute atomic E-state index is 0.0928. The maximum Gasteiger partial charge on any atom is 0.229 e. The molecule has 2 aromatic heterocycles. The number of anilines is 1. The molecule has 0 aromatic carbocycles. The van der Waals surface area contributed by atoms with E-state index in [9.17, 15) is 9.59 Å². The predicted octanol–water partition coefficient (Wildman–Crippen LogP) is -0.263. The van der Waals surface area contributed by atoms with Crippen LogP contribution in [0, 0.1) is 5.92 Å². The first kappa shape index (κ1) is 12.3. The van der Waals surface area contributed by atoms with E-state index in [1.807, 2.05) is 0 Å². The number of carbonyl (C=O) groups is 2. The third kappa shape index (κ3) is 2.48. The Morgan fingerprint density at radius 2 is 2.35 bits per heavy atom. The van der Waals surface area contributed by atoms with Crippen molar-refractivity contribution >= 4 is 17.5 Å². The summed E-state index contributed by atoms with van der Waals surface area (Å²) >= 11 is 0. The average molecular weight is 272 g/mol. The van der Waals surface area contributed by atoms with Crippen LogP contribution in [0.2, 0.25) is 0 Å². The lowest BCUT2D eigenvalue weighted by atomic mass is 10.1. The molecule has 20 heavy (non-hydrogen) atoms. The van der Waals surface area contributed by atoms with E-state index >= 15 is 0 Å². The SMILES string of the molecule is O=C1CC(C(=O)Nc2ccc(-n3cncn3)nc2)CN1. The molecule has 1 saturated heterocycles. The van der Waals surface area contributed by atoms with Crippen molar-refractivity contribution in [3.8, 4) is 5.82 Å². The smallest absolute Gasteiger partial charge is 0.229 e. The van der Waals surface area contributed by atoms with Crippen LogP contribution in [0.3, 0.4) is 0 Å². The van der Waals surface area contributed by atoms with Gasteiger partial charge < -0.3 is 10.6 Å². The van der Waals surface area contributed by atoms with Gasteiger partial charge >= 0.3 is 0 Å². The molecule has 2 N–H and O–H groups in total. The van der Waals surface area contributed by atoms with E-state index in [4.69, 9.17) is 0 Å². The van der Waals surface area contributed by atoms with Crippen LogP contribution in [0.15, 0.2) is 31.0 Å².